The van der Waals surface area contributed by atoms with Crippen molar-refractivity contribution in [2.24, 2.45) is 0 Å². The highest BCUT2D eigenvalue weighted by Crippen LogP contribution is 2.24. The molecular weight excluding hydrogens is 304 g/mol. The number of carbonyl (C=O) groups excluding carboxylic acids is 1. The van der Waals surface area contributed by atoms with Crippen LogP contribution in [-0.2, 0) is 6.54 Å². The quantitative estimate of drug-likeness (QED) is 0.580. The molecule has 7 heteroatoms. The van der Waals surface area contributed by atoms with Crippen molar-refractivity contribution in [2.75, 3.05) is 18.9 Å². The minimum absolute atomic E-state index is 0.277. The van der Waals surface area contributed by atoms with E-state index in [4.69, 9.17) is 0 Å². The second-order valence-corrected chi connectivity index (χ2v) is 5.37. The molecule has 0 aliphatic rings. The summed E-state index contributed by atoms with van der Waals surface area (Å²) in [4.78, 5) is 23.5. The van der Waals surface area contributed by atoms with Gasteiger partial charge >= 0.3 is 6.03 Å². The number of pyridine rings is 1. The summed E-state index contributed by atoms with van der Waals surface area (Å²) in [6.07, 6.45) is 1.86. The van der Waals surface area contributed by atoms with Gasteiger partial charge in [0.15, 0.2) is 0 Å². The second-order valence-electron chi connectivity index (χ2n) is 5.37. The lowest BCUT2D eigenvalue weighted by Crippen LogP contribution is -2.28. The second kappa shape index (κ2) is 7.10. The molecule has 0 fully saturated rings. The maximum atomic E-state index is 11.6. The zero-order chi connectivity index (χ0) is 16.9. The SMILES string of the molecule is CCNC(=O)Nc1nc2ccc(-c3ccc(CNC)nc3)cc2[nH]1. The molecular formula is C17H20N6O. The Morgan fingerprint density at radius 3 is 2.75 bits per heavy atom. The molecule has 0 saturated carbocycles. The van der Waals surface area contributed by atoms with E-state index in [9.17, 15) is 4.79 Å². The van der Waals surface area contributed by atoms with Crippen LogP contribution in [0.1, 0.15) is 12.6 Å². The van der Waals surface area contributed by atoms with E-state index < -0.39 is 0 Å². The number of hydrogen-bond donors (Lipinski definition) is 4. The molecule has 0 bridgehead atoms. The van der Waals surface area contributed by atoms with Gasteiger partial charge in [-0.05, 0) is 37.7 Å². The molecule has 2 amide bonds. The first-order valence-electron chi connectivity index (χ1n) is 7.84. The average molecular weight is 324 g/mol. The van der Waals surface area contributed by atoms with Gasteiger partial charge in [0.2, 0.25) is 5.95 Å². The van der Waals surface area contributed by atoms with E-state index in [1.54, 1.807) is 0 Å². The van der Waals surface area contributed by atoms with Gasteiger partial charge in [0.05, 0.1) is 16.7 Å². The zero-order valence-electron chi connectivity index (χ0n) is 13.7. The van der Waals surface area contributed by atoms with Gasteiger partial charge in [0, 0.05) is 24.8 Å². The minimum atomic E-state index is -0.277. The number of aromatic nitrogens is 3. The molecule has 0 unspecified atom stereocenters. The number of fused-ring (bicyclic) bond motifs is 1. The zero-order valence-corrected chi connectivity index (χ0v) is 13.7. The molecule has 124 valence electrons. The fourth-order valence-corrected chi connectivity index (χ4v) is 2.44. The van der Waals surface area contributed by atoms with E-state index in [-0.39, 0.29) is 6.03 Å². The molecule has 0 radical (unpaired) electrons. The molecule has 4 N–H and O–H groups in total. The highest BCUT2D eigenvalue weighted by Gasteiger charge is 2.07. The monoisotopic (exact) mass is 324 g/mol. The summed E-state index contributed by atoms with van der Waals surface area (Å²) in [6, 6.07) is 9.69. The molecule has 0 aliphatic heterocycles. The molecule has 3 rings (SSSR count). The number of aromatic amines is 1. The Hall–Kier alpha value is -2.93. The van der Waals surface area contributed by atoms with Gasteiger partial charge < -0.3 is 15.6 Å². The summed E-state index contributed by atoms with van der Waals surface area (Å²) in [5, 5.41) is 8.42. The van der Waals surface area contributed by atoms with Crippen molar-refractivity contribution < 1.29 is 4.79 Å². The molecule has 0 spiro atoms. The summed E-state index contributed by atoms with van der Waals surface area (Å²) in [7, 11) is 1.90. The fourth-order valence-electron chi connectivity index (χ4n) is 2.44. The van der Waals surface area contributed by atoms with Gasteiger partial charge in [-0.1, -0.05) is 12.1 Å². The first kappa shape index (κ1) is 15.9. The summed E-state index contributed by atoms with van der Waals surface area (Å²) in [5.41, 5.74) is 4.73. The van der Waals surface area contributed by atoms with Crippen LogP contribution in [0.25, 0.3) is 22.2 Å². The van der Waals surface area contributed by atoms with Gasteiger partial charge in [-0.25, -0.2) is 9.78 Å². The highest BCUT2D eigenvalue weighted by molar-refractivity contribution is 5.90. The van der Waals surface area contributed by atoms with Crippen molar-refractivity contribution in [1.82, 2.24) is 25.6 Å². The number of nitrogens with zero attached hydrogens (tertiary/aromatic N) is 2. The van der Waals surface area contributed by atoms with E-state index in [2.05, 4.69) is 30.9 Å². The Kier molecular flexibility index (Phi) is 4.72. The van der Waals surface area contributed by atoms with Crippen molar-refractivity contribution >= 4 is 23.0 Å². The van der Waals surface area contributed by atoms with Crippen LogP contribution in [0.3, 0.4) is 0 Å². The predicted molar refractivity (Wildman–Crippen MR) is 94.8 cm³/mol. The topological polar surface area (TPSA) is 94.7 Å². The van der Waals surface area contributed by atoms with Crippen LogP contribution in [-0.4, -0.2) is 34.6 Å². The molecule has 0 saturated heterocycles. The van der Waals surface area contributed by atoms with Crippen LogP contribution >= 0.6 is 0 Å². The Balaban J connectivity index is 1.84. The van der Waals surface area contributed by atoms with Gasteiger partial charge in [0.1, 0.15) is 0 Å². The Morgan fingerprint density at radius 1 is 1.21 bits per heavy atom. The van der Waals surface area contributed by atoms with Crippen LogP contribution in [0, 0.1) is 0 Å². The lowest BCUT2D eigenvalue weighted by atomic mass is 10.1. The van der Waals surface area contributed by atoms with Crippen LogP contribution in [0.4, 0.5) is 10.7 Å². The van der Waals surface area contributed by atoms with E-state index in [1.807, 2.05) is 50.5 Å². The lowest BCUT2D eigenvalue weighted by molar-refractivity contribution is 0.252. The van der Waals surface area contributed by atoms with Gasteiger partial charge in [-0.15, -0.1) is 0 Å². The van der Waals surface area contributed by atoms with Gasteiger partial charge in [0.25, 0.3) is 0 Å². The predicted octanol–water partition coefficient (Wildman–Crippen LogP) is 2.49. The number of nitrogens with one attached hydrogen (secondary N) is 4. The van der Waals surface area contributed by atoms with E-state index in [0.29, 0.717) is 12.5 Å². The highest BCUT2D eigenvalue weighted by atomic mass is 16.2. The van der Waals surface area contributed by atoms with Gasteiger partial charge in [-0.3, -0.25) is 10.3 Å². The van der Waals surface area contributed by atoms with Crippen molar-refractivity contribution in [2.45, 2.75) is 13.5 Å². The fraction of sp³-hybridized carbons (Fsp3) is 0.235. The summed E-state index contributed by atoms with van der Waals surface area (Å²) in [5.74, 6) is 0.426. The maximum Gasteiger partial charge on any atom is 0.321 e. The summed E-state index contributed by atoms with van der Waals surface area (Å²) in [6.45, 7) is 3.17. The van der Waals surface area contributed by atoms with Crippen LogP contribution in [0.15, 0.2) is 36.5 Å². The first-order chi connectivity index (χ1) is 11.7. The number of benzene rings is 1. The normalized spacial score (nSPS) is 10.8. The summed E-state index contributed by atoms with van der Waals surface area (Å²) < 4.78 is 0. The maximum absolute atomic E-state index is 11.6. The molecule has 7 nitrogen and oxygen atoms in total. The third-order valence-corrected chi connectivity index (χ3v) is 3.57. The third-order valence-electron chi connectivity index (χ3n) is 3.57. The molecule has 2 heterocycles. The van der Waals surface area contributed by atoms with Crippen molar-refractivity contribution in [3.63, 3.8) is 0 Å². The number of carbonyl (C=O) groups is 1. The number of hydrogen-bond acceptors (Lipinski definition) is 4. The average Bonchev–Trinajstić information content (AvgIpc) is 2.97. The number of imidazole rings is 1. The van der Waals surface area contributed by atoms with E-state index in [1.165, 1.54) is 0 Å². The van der Waals surface area contributed by atoms with Gasteiger partial charge in [-0.2, -0.15) is 0 Å². The smallest absolute Gasteiger partial charge is 0.321 e. The molecule has 0 atom stereocenters. The largest absolute Gasteiger partial charge is 0.338 e. The number of anilines is 1. The Bertz CT molecular complexity index is 840. The van der Waals surface area contributed by atoms with Crippen LogP contribution in [0.2, 0.25) is 0 Å². The number of rotatable bonds is 5. The Morgan fingerprint density at radius 2 is 2.04 bits per heavy atom. The minimum Gasteiger partial charge on any atom is -0.338 e. The number of H-pyrrole nitrogens is 1. The van der Waals surface area contributed by atoms with Crippen molar-refractivity contribution in [3.8, 4) is 11.1 Å². The first-order valence-corrected chi connectivity index (χ1v) is 7.84. The molecule has 0 aliphatic carbocycles. The van der Waals surface area contributed by atoms with E-state index in [0.717, 1.165) is 34.4 Å². The molecule has 3 aromatic rings. The van der Waals surface area contributed by atoms with Crippen molar-refractivity contribution in [1.29, 1.82) is 0 Å². The third kappa shape index (κ3) is 3.52. The standard InChI is InChI=1S/C17H20N6O/c1-3-19-17(24)23-16-21-14-7-5-11(8-15(14)22-16)12-4-6-13(10-18-2)20-9-12/h4-9,18H,3,10H2,1-2H3,(H3,19,21,22,23,24). The van der Waals surface area contributed by atoms with Crippen LogP contribution < -0.4 is 16.0 Å². The van der Waals surface area contributed by atoms with Crippen LogP contribution in [0.5, 0.6) is 0 Å². The number of urea groups is 1. The van der Waals surface area contributed by atoms with Crippen molar-refractivity contribution in [3.05, 3.63) is 42.2 Å². The molecule has 1 aromatic carbocycles. The van der Waals surface area contributed by atoms with E-state index >= 15 is 0 Å². The number of amides is 2. The Labute approximate surface area is 139 Å². The molecule has 2 aromatic heterocycles. The lowest BCUT2D eigenvalue weighted by Gasteiger charge is -2.03. The summed E-state index contributed by atoms with van der Waals surface area (Å²) >= 11 is 0. The molecule has 24 heavy (non-hydrogen) atoms.